The molecule has 0 aliphatic carbocycles. The van der Waals surface area contributed by atoms with Gasteiger partial charge in [0.05, 0.1) is 24.3 Å². The minimum Gasteiger partial charge on any atom is -0.391 e. The van der Waals surface area contributed by atoms with Crippen LogP contribution in [-0.2, 0) is 19.1 Å². The smallest absolute Gasteiger partial charge is 0.226 e. The number of carbonyl (C=O) groups excluding carboxylic acids is 3. The van der Waals surface area contributed by atoms with Crippen molar-refractivity contribution in [2.45, 2.75) is 63.4 Å². The van der Waals surface area contributed by atoms with Crippen molar-refractivity contribution in [2.75, 3.05) is 0 Å². The summed E-state index contributed by atoms with van der Waals surface area (Å²) in [6, 6.07) is -2.06. The Hall–Kier alpha value is -1.55. The Labute approximate surface area is 127 Å². The summed E-state index contributed by atoms with van der Waals surface area (Å²) < 4.78 is 5.27. The maximum absolute atomic E-state index is 11.3. The summed E-state index contributed by atoms with van der Waals surface area (Å²) in [6.45, 7) is 3.81. The number of aliphatic hydroxyl groups is 3. The van der Waals surface area contributed by atoms with E-state index in [0.717, 1.165) is 0 Å². The minimum absolute atomic E-state index is 0.125. The Kier molecular flexibility index (Phi) is 6.00. The second kappa shape index (κ2) is 7.14. The van der Waals surface area contributed by atoms with Crippen LogP contribution in [0, 0.1) is 0 Å². The van der Waals surface area contributed by atoms with Crippen molar-refractivity contribution >= 4 is 18.1 Å². The molecule has 1 aliphatic rings. The number of rotatable bonds is 5. The van der Waals surface area contributed by atoms with E-state index in [1.165, 1.54) is 20.8 Å². The van der Waals surface area contributed by atoms with Crippen LogP contribution in [0.5, 0.6) is 0 Å². The monoisotopic (exact) mass is 318 g/mol. The van der Waals surface area contributed by atoms with Gasteiger partial charge in [0.2, 0.25) is 17.6 Å². The van der Waals surface area contributed by atoms with E-state index in [1.54, 1.807) is 0 Å². The van der Waals surface area contributed by atoms with Crippen LogP contribution in [0.1, 0.15) is 27.2 Å². The number of hydrogen-bond acceptors (Lipinski definition) is 7. The Morgan fingerprint density at radius 3 is 2.36 bits per heavy atom. The molecule has 1 heterocycles. The van der Waals surface area contributed by atoms with E-state index in [1.807, 2.05) is 0 Å². The van der Waals surface area contributed by atoms with Gasteiger partial charge >= 0.3 is 0 Å². The highest BCUT2D eigenvalue weighted by atomic mass is 16.6. The predicted molar refractivity (Wildman–Crippen MR) is 73.4 cm³/mol. The number of ether oxygens (including phenoxy) is 1. The van der Waals surface area contributed by atoms with Crippen molar-refractivity contribution in [3.8, 4) is 0 Å². The molecule has 1 aliphatic heterocycles. The van der Waals surface area contributed by atoms with Crippen LogP contribution in [-0.4, -0.2) is 69.6 Å². The summed E-state index contributed by atoms with van der Waals surface area (Å²) in [6.07, 6.45) is -3.93. The fourth-order valence-electron chi connectivity index (χ4n) is 2.50. The third-order valence-electron chi connectivity index (χ3n) is 3.41. The summed E-state index contributed by atoms with van der Waals surface area (Å²) in [7, 11) is 0. The van der Waals surface area contributed by atoms with Crippen LogP contribution in [0.3, 0.4) is 0 Å². The molecule has 0 aromatic carbocycles. The predicted octanol–water partition coefficient (Wildman–Crippen LogP) is -2.59. The lowest BCUT2D eigenvalue weighted by atomic mass is 9.88. The van der Waals surface area contributed by atoms with Gasteiger partial charge in [0, 0.05) is 20.3 Å². The van der Waals surface area contributed by atoms with Crippen LogP contribution in [0.25, 0.3) is 0 Å². The first-order valence-corrected chi connectivity index (χ1v) is 6.86. The second-order valence-electron chi connectivity index (χ2n) is 5.51. The van der Waals surface area contributed by atoms with Crippen molar-refractivity contribution in [3.05, 3.63) is 0 Å². The van der Waals surface area contributed by atoms with Crippen LogP contribution >= 0.6 is 0 Å². The molecule has 0 bridgehead atoms. The fraction of sp³-hybridized carbons (Fsp3) is 0.769. The van der Waals surface area contributed by atoms with Crippen LogP contribution in [0.2, 0.25) is 0 Å². The molecule has 6 atom stereocenters. The molecule has 0 saturated carbocycles. The normalized spacial score (nSPS) is 34.4. The van der Waals surface area contributed by atoms with E-state index in [-0.39, 0.29) is 6.29 Å². The molecule has 0 radical (unpaired) electrons. The molecule has 2 amide bonds. The first kappa shape index (κ1) is 18.5. The number of nitrogens with one attached hydrogen (secondary N) is 2. The summed E-state index contributed by atoms with van der Waals surface area (Å²) in [4.78, 5) is 33.6. The first-order chi connectivity index (χ1) is 10.1. The Balaban J connectivity index is 3.14. The van der Waals surface area contributed by atoms with Gasteiger partial charge < -0.3 is 30.7 Å². The maximum Gasteiger partial charge on any atom is 0.226 e. The summed E-state index contributed by atoms with van der Waals surface area (Å²) in [5.74, 6) is -3.21. The number of aliphatic hydroxyl groups excluding tert-OH is 2. The second-order valence-corrected chi connectivity index (χ2v) is 5.51. The average Bonchev–Trinajstić information content (AvgIpc) is 2.38. The summed E-state index contributed by atoms with van der Waals surface area (Å²) in [5, 5.41) is 34.8. The molecule has 1 saturated heterocycles. The molecule has 1 fully saturated rings. The van der Waals surface area contributed by atoms with Gasteiger partial charge in [-0.15, -0.1) is 0 Å². The van der Waals surface area contributed by atoms with Crippen molar-refractivity contribution in [1.29, 1.82) is 0 Å². The Morgan fingerprint density at radius 2 is 1.95 bits per heavy atom. The van der Waals surface area contributed by atoms with Gasteiger partial charge in [-0.2, -0.15) is 0 Å². The van der Waals surface area contributed by atoms with Crippen LogP contribution in [0.4, 0.5) is 0 Å². The van der Waals surface area contributed by atoms with Crippen molar-refractivity contribution in [2.24, 2.45) is 0 Å². The number of carbonyl (C=O) groups is 3. The van der Waals surface area contributed by atoms with Gasteiger partial charge in [-0.3, -0.25) is 14.4 Å². The molecule has 4 unspecified atom stereocenters. The molecule has 0 aromatic heterocycles. The van der Waals surface area contributed by atoms with Gasteiger partial charge in [0.15, 0.2) is 6.29 Å². The van der Waals surface area contributed by atoms with E-state index in [4.69, 9.17) is 4.74 Å². The zero-order valence-electron chi connectivity index (χ0n) is 12.6. The van der Waals surface area contributed by atoms with E-state index >= 15 is 0 Å². The molecule has 9 heteroatoms. The zero-order valence-corrected chi connectivity index (χ0v) is 12.6. The standard InChI is InChI=1S/C13H22N2O7/c1-6(17)10(14-7(2)18)12-11(15-8(3)19)9(20)4-13(21,5-16)22-12/h5-6,9-12,17,20-21H,4H2,1-3H3,(H,14,18)(H,15,19)/t6-,9?,10-,11?,12?,13?/m0/s1. The SMILES string of the molecule is CC(=O)NC1C(O)CC(O)(C=O)OC1[C@@H](NC(C)=O)[C@H](C)O. The van der Waals surface area contributed by atoms with Crippen molar-refractivity contribution < 1.29 is 34.4 Å². The number of amides is 2. The molecular formula is C13H22N2O7. The van der Waals surface area contributed by atoms with Gasteiger partial charge in [-0.05, 0) is 6.92 Å². The quantitative estimate of drug-likeness (QED) is 0.350. The van der Waals surface area contributed by atoms with Gasteiger partial charge in [0.1, 0.15) is 6.10 Å². The van der Waals surface area contributed by atoms with Gasteiger partial charge in [-0.25, -0.2) is 0 Å². The molecule has 1 rings (SSSR count). The lowest BCUT2D eigenvalue weighted by Crippen LogP contribution is -2.68. The molecule has 5 N–H and O–H groups in total. The van der Waals surface area contributed by atoms with E-state index in [0.29, 0.717) is 0 Å². The summed E-state index contributed by atoms with van der Waals surface area (Å²) >= 11 is 0. The number of aldehydes is 1. The molecule has 9 nitrogen and oxygen atoms in total. The van der Waals surface area contributed by atoms with Crippen molar-refractivity contribution in [3.63, 3.8) is 0 Å². The van der Waals surface area contributed by atoms with Gasteiger partial charge in [-0.1, -0.05) is 0 Å². The largest absolute Gasteiger partial charge is 0.391 e. The lowest BCUT2D eigenvalue weighted by molar-refractivity contribution is -0.265. The fourth-order valence-corrected chi connectivity index (χ4v) is 2.50. The molecule has 0 aromatic rings. The average molecular weight is 318 g/mol. The van der Waals surface area contributed by atoms with E-state index < -0.39 is 54.4 Å². The highest BCUT2D eigenvalue weighted by Gasteiger charge is 2.50. The van der Waals surface area contributed by atoms with E-state index in [2.05, 4.69) is 10.6 Å². The Morgan fingerprint density at radius 1 is 1.36 bits per heavy atom. The summed E-state index contributed by atoms with van der Waals surface area (Å²) in [5.41, 5.74) is 0. The molecule has 22 heavy (non-hydrogen) atoms. The first-order valence-electron chi connectivity index (χ1n) is 6.86. The topological polar surface area (TPSA) is 145 Å². The zero-order chi connectivity index (χ0) is 17.1. The van der Waals surface area contributed by atoms with Gasteiger partial charge in [0.25, 0.3) is 0 Å². The molecular weight excluding hydrogens is 296 g/mol. The maximum atomic E-state index is 11.3. The lowest BCUT2D eigenvalue weighted by Gasteiger charge is -2.45. The molecule has 126 valence electrons. The van der Waals surface area contributed by atoms with E-state index in [9.17, 15) is 29.7 Å². The highest BCUT2D eigenvalue weighted by Crippen LogP contribution is 2.29. The van der Waals surface area contributed by atoms with Crippen LogP contribution in [0.15, 0.2) is 0 Å². The number of hydrogen-bond donors (Lipinski definition) is 5. The van der Waals surface area contributed by atoms with Crippen LogP contribution < -0.4 is 10.6 Å². The molecule has 0 spiro atoms. The minimum atomic E-state index is -2.26. The third kappa shape index (κ3) is 4.47. The van der Waals surface area contributed by atoms with Crippen molar-refractivity contribution in [1.82, 2.24) is 10.6 Å². The highest BCUT2D eigenvalue weighted by molar-refractivity contribution is 5.74. The third-order valence-corrected chi connectivity index (χ3v) is 3.41. The Bertz CT molecular complexity index is 424.